The second-order valence-electron chi connectivity index (χ2n) is 23.1. The van der Waals surface area contributed by atoms with Crippen molar-refractivity contribution in [2.75, 3.05) is 13.2 Å². The molecule has 0 rings (SSSR count). The van der Waals surface area contributed by atoms with Gasteiger partial charge in [0.25, 0.3) is 0 Å². The number of carbonyl (C=O) groups is 3. The van der Waals surface area contributed by atoms with E-state index in [1.54, 1.807) is 0 Å². The maximum absolute atomic E-state index is 12.9. The van der Waals surface area contributed by atoms with Crippen LogP contribution in [0, 0.1) is 0 Å². The normalized spacial score (nSPS) is 12.7. The van der Waals surface area contributed by atoms with Gasteiger partial charge in [0.1, 0.15) is 13.2 Å². The number of carbonyl (C=O) groups excluding carboxylic acids is 3. The minimum atomic E-state index is -0.785. The average molecular weight is 1130 g/mol. The van der Waals surface area contributed by atoms with E-state index in [0.29, 0.717) is 19.3 Å². The lowest BCUT2D eigenvalue weighted by Gasteiger charge is -2.18. The number of hydrogen-bond donors (Lipinski definition) is 0. The molecule has 0 aromatic heterocycles. The lowest BCUT2D eigenvalue weighted by Crippen LogP contribution is -2.30. The van der Waals surface area contributed by atoms with Gasteiger partial charge in [0.2, 0.25) is 0 Å². The molecule has 0 aromatic rings. The second-order valence-corrected chi connectivity index (χ2v) is 23.1. The number of rotatable bonds is 63. The third-order valence-corrected chi connectivity index (χ3v) is 15.0. The Morgan fingerprint density at radius 1 is 0.259 bits per heavy atom. The van der Waals surface area contributed by atoms with Crippen LogP contribution in [0.15, 0.2) is 97.2 Å². The topological polar surface area (TPSA) is 78.9 Å². The Morgan fingerprint density at radius 2 is 0.481 bits per heavy atom. The van der Waals surface area contributed by atoms with Gasteiger partial charge in [-0.05, 0) is 122 Å². The van der Waals surface area contributed by atoms with Gasteiger partial charge in [0.05, 0.1) is 0 Å². The first-order valence-corrected chi connectivity index (χ1v) is 34.7. The zero-order valence-corrected chi connectivity index (χ0v) is 53.5. The number of esters is 3. The summed E-state index contributed by atoms with van der Waals surface area (Å²) in [6.07, 6.45) is 92.8. The van der Waals surface area contributed by atoms with E-state index in [1.807, 2.05) is 0 Å². The Kier molecular flexibility index (Phi) is 65.7. The summed E-state index contributed by atoms with van der Waals surface area (Å²) < 4.78 is 17.0. The molecule has 0 saturated carbocycles. The molecule has 0 heterocycles. The fourth-order valence-electron chi connectivity index (χ4n) is 9.85. The molecule has 0 aliphatic heterocycles. The Morgan fingerprint density at radius 3 is 0.765 bits per heavy atom. The molecular weight excluding hydrogens is 997 g/mol. The molecule has 0 fully saturated rings. The SMILES string of the molecule is CC/C=C\C/C=C\C/C=C\C/C=C\C/C=C\C/C=C\CCCCCCCCCCCCCCC(=O)OCC(COC(=O)CCCCCCC/C=C\CCCCCCC)OC(=O)CCCCCCCCC/C=C\CCCCCCCCC. The average Bonchev–Trinajstić information content (AvgIpc) is 3.47. The summed E-state index contributed by atoms with van der Waals surface area (Å²) >= 11 is 0. The van der Waals surface area contributed by atoms with E-state index in [1.165, 1.54) is 199 Å². The Labute approximate surface area is 502 Å². The van der Waals surface area contributed by atoms with Crippen molar-refractivity contribution in [1.82, 2.24) is 0 Å². The van der Waals surface area contributed by atoms with Gasteiger partial charge in [-0.15, -0.1) is 0 Å². The number of hydrogen-bond acceptors (Lipinski definition) is 6. The number of unbranched alkanes of at least 4 members (excludes halogenated alkanes) is 36. The van der Waals surface area contributed by atoms with E-state index in [-0.39, 0.29) is 31.1 Å². The highest BCUT2D eigenvalue weighted by molar-refractivity contribution is 5.71. The van der Waals surface area contributed by atoms with Gasteiger partial charge < -0.3 is 14.2 Å². The molecule has 0 aliphatic carbocycles. The first-order chi connectivity index (χ1) is 40.0. The van der Waals surface area contributed by atoms with Gasteiger partial charge in [0, 0.05) is 19.3 Å². The van der Waals surface area contributed by atoms with Gasteiger partial charge >= 0.3 is 17.9 Å². The van der Waals surface area contributed by atoms with E-state index in [2.05, 4.69) is 118 Å². The predicted octanol–water partition coefficient (Wildman–Crippen LogP) is 24.0. The largest absolute Gasteiger partial charge is 0.462 e. The van der Waals surface area contributed by atoms with Crippen LogP contribution in [-0.2, 0) is 28.6 Å². The lowest BCUT2D eigenvalue weighted by atomic mass is 10.0. The Balaban J connectivity index is 4.26. The highest BCUT2D eigenvalue weighted by Crippen LogP contribution is 2.17. The van der Waals surface area contributed by atoms with Crippen molar-refractivity contribution >= 4 is 17.9 Å². The summed E-state index contributed by atoms with van der Waals surface area (Å²) in [5.74, 6) is -0.880. The molecule has 466 valence electrons. The predicted molar refractivity (Wildman–Crippen MR) is 353 cm³/mol. The van der Waals surface area contributed by atoms with Gasteiger partial charge in [0.15, 0.2) is 6.10 Å². The van der Waals surface area contributed by atoms with Gasteiger partial charge in [-0.25, -0.2) is 0 Å². The van der Waals surface area contributed by atoms with Crippen LogP contribution in [0.2, 0.25) is 0 Å². The molecular formula is C75H130O6. The molecule has 6 heteroatoms. The monoisotopic (exact) mass is 1130 g/mol. The maximum Gasteiger partial charge on any atom is 0.306 e. The summed E-state index contributed by atoms with van der Waals surface area (Å²) in [5.41, 5.74) is 0. The molecule has 1 unspecified atom stereocenters. The Bertz CT molecular complexity index is 1580. The summed E-state index contributed by atoms with van der Waals surface area (Å²) in [6, 6.07) is 0. The molecule has 1 atom stereocenters. The number of ether oxygens (including phenoxy) is 3. The molecule has 0 aromatic carbocycles. The van der Waals surface area contributed by atoms with Crippen LogP contribution in [-0.4, -0.2) is 37.2 Å². The summed E-state index contributed by atoms with van der Waals surface area (Å²) in [4.78, 5) is 38.4. The fraction of sp³-hybridized carbons (Fsp3) is 0.747. The van der Waals surface area contributed by atoms with Gasteiger partial charge in [-0.3, -0.25) is 14.4 Å². The quantitative estimate of drug-likeness (QED) is 0.0261. The highest BCUT2D eigenvalue weighted by atomic mass is 16.6. The van der Waals surface area contributed by atoms with Crippen molar-refractivity contribution in [3.8, 4) is 0 Å². The molecule has 6 nitrogen and oxygen atoms in total. The fourth-order valence-corrected chi connectivity index (χ4v) is 9.85. The zero-order valence-electron chi connectivity index (χ0n) is 53.5. The van der Waals surface area contributed by atoms with E-state index >= 15 is 0 Å². The van der Waals surface area contributed by atoms with Crippen LogP contribution < -0.4 is 0 Å². The van der Waals surface area contributed by atoms with Crippen LogP contribution >= 0.6 is 0 Å². The van der Waals surface area contributed by atoms with Crippen LogP contribution in [0.4, 0.5) is 0 Å². The molecule has 0 saturated heterocycles. The van der Waals surface area contributed by atoms with Crippen LogP contribution in [0.25, 0.3) is 0 Å². The molecule has 0 N–H and O–H groups in total. The minimum Gasteiger partial charge on any atom is -0.462 e. The van der Waals surface area contributed by atoms with E-state index in [9.17, 15) is 14.4 Å². The van der Waals surface area contributed by atoms with Crippen molar-refractivity contribution in [1.29, 1.82) is 0 Å². The maximum atomic E-state index is 12.9. The Hall–Kier alpha value is -3.67. The smallest absolute Gasteiger partial charge is 0.306 e. The van der Waals surface area contributed by atoms with Crippen molar-refractivity contribution < 1.29 is 28.6 Å². The van der Waals surface area contributed by atoms with E-state index < -0.39 is 6.10 Å². The van der Waals surface area contributed by atoms with Crippen molar-refractivity contribution in [2.24, 2.45) is 0 Å². The molecule has 0 amide bonds. The van der Waals surface area contributed by atoms with Crippen molar-refractivity contribution in [3.05, 3.63) is 97.2 Å². The van der Waals surface area contributed by atoms with Gasteiger partial charge in [-0.2, -0.15) is 0 Å². The number of allylic oxidation sites excluding steroid dienone is 16. The molecule has 81 heavy (non-hydrogen) atoms. The van der Waals surface area contributed by atoms with Crippen molar-refractivity contribution in [3.63, 3.8) is 0 Å². The summed E-state index contributed by atoms with van der Waals surface area (Å²) in [6.45, 7) is 6.54. The highest BCUT2D eigenvalue weighted by Gasteiger charge is 2.19. The zero-order chi connectivity index (χ0) is 58.5. The first-order valence-electron chi connectivity index (χ1n) is 34.7. The van der Waals surface area contributed by atoms with Crippen LogP contribution in [0.3, 0.4) is 0 Å². The van der Waals surface area contributed by atoms with Crippen LogP contribution in [0.5, 0.6) is 0 Å². The lowest BCUT2D eigenvalue weighted by molar-refractivity contribution is -0.167. The molecule has 0 spiro atoms. The second kappa shape index (κ2) is 68.8. The molecule has 0 bridgehead atoms. The summed E-state index contributed by atoms with van der Waals surface area (Å²) in [7, 11) is 0. The molecule has 0 aliphatic rings. The molecule has 0 radical (unpaired) electrons. The van der Waals surface area contributed by atoms with E-state index in [0.717, 1.165) is 103 Å². The standard InChI is InChI=1S/C75H130O6/c1-4-7-10-13-16-19-22-25-28-30-32-33-34-35-36-37-38-39-40-41-42-43-44-46-47-50-53-56-59-62-65-68-74(77)80-71-72(70-79-73(76)67-64-61-58-55-52-49-27-24-21-18-15-12-9-6-3)81-75(78)69-66-63-60-57-54-51-48-45-31-29-26-23-20-17-14-11-8-5-2/h7,10,16,19,24-25,27-29,31-33,35-36,38-39,72H,4-6,8-9,11-15,17-18,20-23,26,30,34,37,40-71H2,1-3H3/b10-7-,19-16-,27-24-,28-25-,31-29-,33-32-,36-35-,39-38-. The third-order valence-electron chi connectivity index (χ3n) is 15.0. The minimum absolute atomic E-state index is 0.0804. The van der Waals surface area contributed by atoms with E-state index in [4.69, 9.17) is 14.2 Å². The third kappa shape index (κ3) is 67.0. The first kappa shape index (κ1) is 77.3. The van der Waals surface area contributed by atoms with Gasteiger partial charge in [-0.1, -0.05) is 298 Å². The van der Waals surface area contributed by atoms with Crippen molar-refractivity contribution in [2.45, 2.75) is 348 Å². The van der Waals surface area contributed by atoms with Crippen LogP contribution in [0.1, 0.15) is 342 Å². The summed E-state index contributed by atoms with van der Waals surface area (Å²) in [5, 5.41) is 0.